The van der Waals surface area contributed by atoms with Crippen molar-refractivity contribution < 1.29 is 5.11 Å². The summed E-state index contributed by atoms with van der Waals surface area (Å²) in [4.78, 5) is 0. The molecule has 1 rings (SSSR count). The second-order valence-electron chi connectivity index (χ2n) is 4.12. The third-order valence-electron chi connectivity index (χ3n) is 2.69. The van der Waals surface area contributed by atoms with Crippen molar-refractivity contribution in [1.82, 2.24) is 5.32 Å². The Labute approximate surface area is 81.0 Å². The maximum atomic E-state index is 9.65. The summed E-state index contributed by atoms with van der Waals surface area (Å²) in [6.45, 7) is 6.85. The number of hydrogen-bond acceptors (Lipinski definition) is 2. The van der Waals surface area contributed by atoms with Gasteiger partial charge in [0.2, 0.25) is 0 Å². The molecule has 2 atom stereocenters. The number of hydrogen-bond donors (Lipinski definition) is 2. The Bertz CT molecular complexity index is 167. The van der Waals surface area contributed by atoms with E-state index in [1.165, 1.54) is 18.4 Å². The van der Waals surface area contributed by atoms with Crippen molar-refractivity contribution in [2.75, 3.05) is 6.54 Å². The molecule has 0 aromatic rings. The number of aliphatic hydroxyl groups is 1. The topological polar surface area (TPSA) is 32.3 Å². The largest absolute Gasteiger partial charge is 0.392 e. The molecule has 13 heavy (non-hydrogen) atoms. The summed E-state index contributed by atoms with van der Waals surface area (Å²) >= 11 is 0. The van der Waals surface area contributed by atoms with Crippen LogP contribution in [0, 0.1) is 0 Å². The third-order valence-corrected chi connectivity index (χ3v) is 2.69. The van der Waals surface area contributed by atoms with Gasteiger partial charge in [-0.25, -0.2) is 0 Å². The molecule has 2 nitrogen and oxygen atoms in total. The first-order chi connectivity index (χ1) is 6.20. The Kier molecular flexibility index (Phi) is 4.46. The van der Waals surface area contributed by atoms with E-state index in [-0.39, 0.29) is 6.10 Å². The van der Waals surface area contributed by atoms with Gasteiger partial charge in [-0.05, 0) is 32.7 Å². The van der Waals surface area contributed by atoms with E-state index >= 15 is 0 Å². The lowest BCUT2D eigenvalue weighted by atomic mass is 9.92. The van der Waals surface area contributed by atoms with Gasteiger partial charge in [0.1, 0.15) is 0 Å². The van der Waals surface area contributed by atoms with E-state index in [4.69, 9.17) is 0 Å². The molecule has 0 spiro atoms. The minimum Gasteiger partial charge on any atom is -0.392 e. The molecular formula is C11H21NO. The van der Waals surface area contributed by atoms with Crippen molar-refractivity contribution in [3.8, 4) is 0 Å². The highest BCUT2D eigenvalue weighted by molar-refractivity contribution is 4.89. The third kappa shape index (κ3) is 3.92. The minimum absolute atomic E-state index is 0.126. The Morgan fingerprint density at radius 2 is 2.15 bits per heavy atom. The average molecular weight is 183 g/mol. The summed E-state index contributed by atoms with van der Waals surface area (Å²) in [5, 5.41) is 13.0. The fourth-order valence-corrected chi connectivity index (χ4v) is 1.82. The van der Waals surface area contributed by atoms with E-state index in [9.17, 15) is 5.11 Å². The molecule has 0 aromatic carbocycles. The number of aliphatic hydroxyl groups excluding tert-OH is 1. The van der Waals surface area contributed by atoms with Gasteiger partial charge in [-0.1, -0.05) is 18.4 Å². The molecule has 2 N–H and O–H groups in total. The molecule has 2 heteroatoms. The van der Waals surface area contributed by atoms with Gasteiger partial charge in [0.15, 0.2) is 0 Å². The van der Waals surface area contributed by atoms with E-state index in [0.29, 0.717) is 6.04 Å². The van der Waals surface area contributed by atoms with Crippen LogP contribution in [0.5, 0.6) is 0 Å². The lowest BCUT2D eigenvalue weighted by molar-refractivity contribution is 0.0914. The van der Waals surface area contributed by atoms with Crippen molar-refractivity contribution in [1.29, 1.82) is 0 Å². The molecule has 0 amide bonds. The molecule has 0 aliphatic heterocycles. The highest BCUT2D eigenvalue weighted by Crippen LogP contribution is 2.18. The summed E-state index contributed by atoms with van der Waals surface area (Å²) in [5.41, 5.74) is 1.21. The maximum absolute atomic E-state index is 9.65. The monoisotopic (exact) mass is 183 g/mol. The minimum atomic E-state index is -0.126. The highest BCUT2D eigenvalue weighted by Gasteiger charge is 2.21. The zero-order valence-electron chi connectivity index (χ0n) is 8.55. The Morgan fingerprint density at radius 3 is 2.77 bits per heavy atom. The molecule has 2 unspecified atom stereocenters. The highest BCUT2D eigenvalue weighted by atomic mass is 16.3. The van der Waals surface area contributed by atoms with Crippen LogP contribution in [0.3, 0.4) is 0 Å². The first-order valence-corrected chi connectivity index (χ1v) is 5.26. The summed E-state index contributed by atoms with van der Waals surface area (Å²) in [6.07, 6.45) is 5.41. The SMILES string of the molecule is C=C(C)CCNC1CCCCC1O. The molecule has 1 saturated carbocycles. The normalized spacial score (nSPS) is 28.8. The van der Waals surface area contributed by atoms with Crippen LogP contribution in [0.2, 0.25) is 0 Å². The lowest BCUT2D eigenvalue weighted by Crippen LogP contribution is -2.42. The van der Waals surface area contributed by atoms with Crippen molar-refractivity contribution >= 4 is 0 Å². The van der Waals surface area contributed by atoms with Crippen molar-refractivity contribution in [3.63, 3.8) is 0 Å². The second-order valence-corrected chi connectivity index (χ2v) is 4.12. The van der Waals surface area contributed by atoms with Gasteiger partial charge in [-0.2, -0.15) is 0 Å². The van der Waals surface area contributed by atoms with Gasteiger partial charge in [-0.15, -0.1) is 6.58 Å². The van der Waals surface area contributed by atoms with E-state index < -0.39 is 0 Å². The van der Waals surface area contributed by atoms with Crippen molar-refractivity contribution in [2.24, 2.45) is 0 Å². The molecule has 1 fully saturated rings. The quantitative estimate of drug-likeness (QED) is 0.652. The van der Waals surface area contributed by atoms with Crippen molar-refractivity contribution in [3.05, 3.63) is 12.2 Å². The van der Waals surface area contributed by atoms with Gasteiger partial charge >= 0.3 is 0 Å². The molecule has 0 radical (unpaired) electrons. The zero-order chi connectivity index (χ0) is 9.68. The fourth-order valence-electron chi connectivity index (χ4n) is 1.82. The summed E-state index contributed by atoms with van der Waals surface area (Å²) in [5.74, 6) is 0. The summed E-state index contributed by atoms with van der Waals surface area (Å²) < 4.78 is 0. The summed E-state index contributed by atoms with van der Waals surface area (Å²) in [7, 11) is 0. The lowest BCUT2D eigenvalue weighted by Gasteiger charge is -2.28. The van der Waals surface area contributed by atoms with Crippen LogP contribution in [0.15, 0.2) is 12.2 Å². The van der Waals surface area contributed by atoms with Gasteiger partial charge in [0, 0.05) is 6.04 Å². The van der Waals surface area contributed by atoms with Crippen LogP contribution in [-0.2, 0) is 0 Å². The number of nitrogens with one attached hydrogen (secondary N) is 1. The fraction of sp³-hybridized carbons (Fsp3) is 0.818. The standard InChI is InChI=1S/C11H21NO/c1-9(2)7-8-12-10-5-3-4-6-11(10)13/h10-13H,1,3-8H2,2H3. The molecule has 0 saturated heterocycles. The molecule has 0 aromatic heterocycles. The van der Waals surface area contributed by atoms with Crippen LogP contribution in [0.4, 0.5) is 0 Å². The summed E-state index contributed by atoms with van der Waals surface area (Å²) in [6, 6.07) is 0.327. The Hall–Kier alpha value is -0.340. The van der Waals surface area contributed by atoms with Crippen LogP contribution in [-0.4, -0.2) is 23.8 Å². The van der Waals surface area contributed by atoms with Gasteiger partial charge in [0.25, 0.3) is 0 Å². The van der Waals surface area contributed by atoms with Gasteiger partial charge in [-0.3, -0.25) is 0 Å². The zero-order valence-corrected chi connectivity index (χ0v) is 8.55. The van der Waals surface area contributed by atoms with Gasteiger partial charge in [0.05, 0.1) is 6.10 Å². The average Bonchev–Trinajstić information content (AvgIpc) is 2.08. The molecule has 76 valence electrons. The maximum Gasteiger partial charge on any atom is 0.0693 e. The van der Waals surface area contributed by atoms with Crippen LogP contribution < -0.4 is 5.32 Å². The first kappa shape index (κ1) is 10.7. The Morgan fingerprint density at radius 1 is 1.46 bits per heavy atom. The number of rotatable bonds is 4. The van der Waals surface area contributed by atoms with E-state index in [1.54, 1.807) is 0 Å². The molecule has 1 aliphatic carbocycles. The predicted octanol–water partition coefficient (Wildman–Crippen LogP) is 1.85. The Balaban J connectivity index is 2.15. The molecular weight excluding hydrogens is 162 g/mol. The van der Waals surface area contributed by atoms with Crippen LogP contribution in [0.1, 0.15) is 39.0 Å². The second kappa shape index (κ2) is 5.40. The first-order valence-electron chi connectivity index (χ1n) is 5.26. The molecule has 0 bridgehead atoms. The van der Waals surface area contributed by atoms with Crippen LogP contribution >= 0.6 is 0 Å². The molecule has 0 heterocycles. The van der Waals surface area contributed by atoms with Crippen molar-refractivity contribution in [2.45, 2.75) is 51.2 Å². The molecule has 1 aliphatic rings. The van der Waals surface area contributed by atoms with E-state index in [2.05, 4.69) is 11.9 Å². The van der Waals surface area contributed by atoms with Crippen LogP contribution in [0.25, 0.3) is 0 Å². The predicted molar refractivity (Wildman–Crippen MR) is 55.7 cm³/mol. The van der Waals surface area contributed by atoms with E-state index in [1.807, 2.05) is 6.92 Å². The van der Waals surface area contributed by atoms with E-state index in [0.717, 1.165) is 25.8 Å². The smallest absolute Gasteiger partial charge is 0.0693 e. The van der Waals surface area contributed by atoms with Gasteiger partial charge < -0.3 is 10.4 Å².